The van der Waals surface area contributed by atoms with E-state index in [4.69, 9.17) is 14.4 Å². The fourth-order valence-corrected chi connectivity index (χ4v) is 1.04. The molecule has 1 aliphatic rings. The highest BCUT2D eigenvalue weighted by atomic mass is 16.7. The van der Waals surface area contributed by atoms with Crippen molar-refractivity contribution in [1.82, 2.24) is 0 Å². The van der Waals surface area contributed by atoms with Gasteiger partial charge < -0.3 is 14.4 Å². The number of aliphatic hydroxyl groups excluding tert-OH is 1. The van der Waals surface area contributed by atoms with E-state index in [9.17, 15) is 0 Å². The van der Waals surface area contributed by atoms with Gasteiger partial charge in [-0.15, -0.1) is 0 Å². The molecule has 4 heteroatoms. The molecular weight excluding hydrogens is 155 g/mol. The first-order chi connectivity index (χ1) is 5.86. The highest BCUT2D eigenvalue weighted by Crippen LogP contribution is 2.07. The van der Waals surface area contributed by atoms with Gasteiger partial charge >= 0.3 is 7.12 Å². The monoisotopic (exact) mass is 162 g/mol. The number of rotatable bonds is 1. The number of hydrogen-bond donors (Lipinski definition) is 1. The first-order valence-corrected chi connectivity index (χ1v) is 3.62. The molecule has 0 fully saturated rings. The van der Waals surface area contributed by atoms with Gasteiger partial charge in [-0.05, 0) is 0 Å². The van der Waals surface area contributed by atoms with Crippen LogP contribution in [-0.4, -0.2) is 12.2 Å². The predicted octanol–water partition coefficient (Wildman–Crippen LogP) is 0.785. The Balaban J connectivity index is 2.14. The number of aliphatic hydroxyl groups is 1. The second-order valence-electron chi connectivity index (χ2n) is 2.45. The van der Waals surface area contributed by atoms with Crippen molar-refractivity contribution in [3.8, 4) is 0 Å². The van der Waals surface area contributed by atoms with Crippen molar-refractivity contribution in [2.24, 2.45) is 0 Å². The van der Waals surface area contributed by atoms with Gasteiger partial charge in [0.1, 0.15) is 6.26 Å². The SMILES string of the molecule is OC1=COB(c2ccccc2)O1. The highest BCUT2D eigenvalue weighted by Gasteiger charge is 2.30. The van der Waals surface area contributed by atoms with E-state index < -0.39 is 7.12 Å². The molecule has 1 aromatic rings. The third-order valence-electron chi connectivity index (χ3n) is 1.59. The van der Waals surface area contributed by atoms with Crippen molar-refractivity contribution in [3.05, 3.63) is 42.5 Å². The molecule has 0 aliphatic carbocycles. The van der Waals surface area contributed by atoms with Crippen molar-refractivity contribution in [2.45, 2.75) is 0 Å². The number of hydrogen-bond acceptors (Lipinski definition) is 3. The van der Waals surface area contributed by atoms with Crippen molar-refractivity contribution in [1.29, 1.82) is 0 Å². The molecule has 1 aliphatic heterocycles. The lowest BCUT2D eigenvalue weighted by Gasteiger charge is -2.03. The van der Waals surface area contributed by atoms with Gasteiger partial charge in [-0.25, -0.2) is 0 Å². The molecule has 0 bridgehead atoms. The molecule has 0 amide bonds. The molecule has 60 valence electrons. The van der Waals surface area contributed by atoms with Gasteiger partial charge in [-0.1, -0.05) is 30.3 Å². The number of benzene rings is 1. The van der Waals surface area contributed by atoms with E-state index in [-0.39, 0.29) is 5.95 Å². The van der Waals surface area contributed by atoms with E-state index in [1.165, 1.54) is 6.26 Å². The lowest BCUT2D eigenvalue weighted by molar-refractivity contribution is 0.219. The van der Waals surface area contributed by atoms with Crippen LogP contribution < -0.4 is 5.46 Å². The summed E-state index contributed by atoms with van der Waals surface area (Å²) >= 11 is 0. The van der Waals surface area contributed by atoms with Gasteiger partial charge in [0, 0.05) is 5.46 Å². The van der Waals surface area contributed by atoms with Crippen LogP contribution in [0, 0.1) is 0 Å². The molecule has 0 saturated carbocycles. The Morgan fingerprint density at radius 1 is 1.17 bits per heavy atom. The minimum absolute atomic E-state index is 0.177. The minimum atomic E-state index is -0.494. The van der Waals surface area contributed by atoms with Crippen molar-refractivity contribution in [2.75, 3.05) is 0 Å². The molecule has 0 unspecified atom stereocenters. The first kappa shape index (κ1) is 7.09. The summed E-state index contributed by atoms with van der Waals surface area (Å²) in [6.07, 6.45) is 1.19. The molecule has 1 aromatic carbocycles. The Kier molecular flexibility index (Phi) is 1.66. The van der Waals surface area contributed by atoms with Crippen molar-refractivity contribution < 1.29 is 14.4 Å². The van der Waals surface area contributed by atoms with Gasteiger partial charge in [0.25, 0.3) is 5.95 Å². The zero-order valence-corrected chi connectivity index (χ0v) is 6.31. The summed E-state index contributed by atoms with van der Waals surface area (Å²) in [4.78, 5) is 0. The van der Waals surface area contributed by atoms with Crippen LogP contribution in [0.1, 0.15) is 0 Å². The second-order valence-corrected chi connectivity index (χ2v) is 2.45. The molecule has 2 rings (SSSR count). The van der Waals surface area contributed by atoms with Crippen LogP contribution in [0.5, 0.6) is 0 Å². The summed E-state index contributed by atoms with van der Waals surface area (Å²) in [5, 5.41) is 8.87. The quantitative estimate of drug-likeness (QED) is 0.620. The molecule has 0 saturated heterocycles. The Labute approximate surface area is 70.4 Å². The molecule has 1 N–H and O–H groups in total. The Bertz CT molecular complexity index is 296. The Morgan fingerprint density at radius 2 is 1.92 bits per heavy atom. The molecule has 0 spiro atoms. The van der Waals surface area contributed by atoms with Crippen LogP contribution in [0.2, 0.25) is 0 Å². The van der Waals surface area contributed by atoms with E-state index in [1.54, 1.807) is 0 Å². The summed E-state index contributed by atoms with van der Waals surface area (Å²) in [6.45, 7) is 0. The van der Waals surface area contributed by atoms with Crippen LogP contribution in [0.3, 0.4) is 0 Å². The van der Waals surface area contributed by atoms with Gasteiger partial charge in [-0.3, -0.25) is 0 Å². The van der Waals surface area contributed by atoms with Crippen molar-refractivity contribution in [3.63, 3.8) is 0 Å². The third kappa shape index (κ3) is 1.23. The predicted molar refractivity (Wildman–Crippen MR) is 44.7 cm³/mol. The molecule has 0 aromatic heterocycles. The van der Waals surface area contributed by atoms with E-state index in [2.05, 4.69) is 0 Å². The average molecular weight is 162 g/mol. The maximum absolute atomic E-state index is 8.87. The van der Waals surface area contributed by atoms with E-state index in [0.29, 0.717) is 0 Å². The standard InChI is InChI=1S/C8H7BO3/c10-8-6-11-9(12-8)7-4-2-1-3-5-7/h1-6,10H. The molecular formula is C8H7BO3. The Morgan fingerprint density at radius 3 is 2.50 bits per heavy atom. The highest BCUT2D eigenvalue weighted by molar-refractivity contribution is 6.62. The normalized spacial score (nSPS) is 15.0. The third-order valence-corrected chi connectivity index (χ3v) is 1.59. The summed E-state index contributed by atoms with van der Waals surface area (Å²) in [7, 11) is -0.494. The van der Waals surface area contributed by atoms with E-state index in [1.807, 2.05) is 30.3 Å². The molecule has 0 radical (unpaired) electrons. The smallest absolute Gasteiger partial charge is 0.522 e. The van der Waals surface area contributed by atoms with Gasteiger partial charge in [0.2, 0.25) is 0 Å². The molecule has 12 heavy (non-hydrogen) atoms. The lowest BCUT2D eigenvalue weighted by atomic mass is 9.79. The summed E-state index contributed by atoms with van der Waals surface area (Å²) in [5.74, 6) is -0.177. The van der Waals surface area contributed by atoms with Crippen LogP contribution in [0.15, 0.2) is 42.5 Å². The van der Waals surface area contributed by atoms with Crippen molar-refractivity contribution >= 4 is 12.6 Å². The largest absolute Gasteiger partial charge is 0.634 e. The van der Waals surface area contributed by atoms with Gasteiger partial charge in [0.15, 0.2) is 0 Å². The molecule has 3 nitrogen and oxygen atoms in total. The van der Waals surface area contributed by atoms with Gasteiger partial charge in [0.05, 0.1) is 0 Å². The lowest BCUT2D eigenvalue weighted by Crippen LogP contribution is -2.31. The topological polar surface area (TPSA) is 38.7 Å². The fourth-order valence-electron chi connectivity index (χ4n) is 1.04. The van der Waals surface area contributed by atoms with E-state index >= 15 is 0 Å². The first-order valence-electron chi connectivity index (χ1n) is 3.62. The Hall–Kier alpha value is -1.58. The average Bonchev–Trinajstić information content (AvgIpc) is 2.54. The summed E-state index contributed by atoms with van der Waals surface area (Å²) in [6, 6.07) is 9.43. The van der Waals surface area contributed by atoms with Crippen LogP contribution in [-0.2, 0) is 9.31 Å². The summed E-state index contributed by atoms with van der Waals surface area (Å²) in [5.41, 5.74) is 0.887. The maximum Gasteiger partial charge on any atom is 0.634 e. The molecule has 1 heterocycles. The zero-order valence-electron chi connectivity index (χ0n) is 6.31. The van der Waals surface area contributed by atoms with Crippen LogP contribution in [0.25, 0.3) is 0 Å². The summed E-state index contributed by atoms with van der Waals surface area (Å²) < 4.78 is 9.96. The minimum Gasteiger partial charge on any atom is -0.522 e. The van der Waals surface area contributed by atoms with Gasteiger partial charge in [-0.2, -0.15) is 0 Å². The second kappa shape index (κ2) is 2.81. The van der Waals surface area contributed by atoms with Crippen LogP contribution >= 0.6 is 0 Å². The van der Waals surface area contributed by atoms with Crippen LogP contribution in [0.4, 0.5) is 0 Å². The maximum atomic E-state index is 8.87. The molecule has 0 atom stereocenters. The fraction of sp³-hybridized carbons (Fsp3) is 0. The van der Waals surface area contributed by atoms with E-state index in [0.717, 1.165) is 5.46 Å². The zero-order chi connectivity index (χ0) is 8.39.